The molecule has 0 saturated carbocycles. The summed E-state index contributed by atoms with van der Waals surface area (Å²) < 4.78 is 98.4. The highest BCUT2D eigenvalue weighted by molar-refractivity contribution is 5.85. The van der Waals surface area contributed by atoms with Crippen LogP contribution in [-0.2, 0) is 21.1 Å². The van der Waals surface area contributed by atoms with Gasteiger partial charge in [-0.3, -0.25) is 29.0 Å². The van der Waals surface area contributed by atoms with Crippen LogP contribution in [0.25, 0.3) is 66.9 Å². The average Bonchev–Trinajstić information content (AvgIpc) is 0.984. The van der Waals surface area contributed by atoms with Crippen LogP contribution in [0.1, 0.15) is 48.0 Å². The van der Waals surface area contributed by atoms with Crippen molar-refractivity contribution in [3.63, 3.8) is 0 Å². The third-order valence-corrected chi connectivity index (χ3v) is 16.4. The number of alkyl halides is 3. The first-order valence-corrected chi connectivity index (χ1v) is 32.8. The zero-order valence-electron chi connectivity index (χ0n) is 58.5. The first-order valence-electron chi connectivity index (χ1n) is 32.8. The number of nitrogens with zero attached hydrogens (tertiary/aromatic N) is 15. The molecule has 3 N–H and O–H groups in total. The summed E-state index contributed by atoms with van der Waals surface area (Å²) in [6, 6.07) is 31.3. The van der Waals surface area contributed by atoms with Gasteiger partial charge in [0.15, 0.2) is 11.6 Å². The number of nitrogens with one attached hydrogen (secondary N) is 2. The Bertz CT molecular complexity index is 4720. The van der Waals surface area contributed by atoms with Gasteiger partial charge in [0.05, 0.1) is 129 Å². The number of fused-ring (bicyclic) bond motifs is 3. The number of aliphatic hydroxyl groups excluding tert-OH is 1. The molecule has 0 radical (unpaired) electrons. The van der Waals surface area contributed by atoms with Crippen molar-refractivity contribution >= 4 is 67.2 Å². The van der Waals surface area contributed by atoms with Gasteiger partial charge in [0, 0.05) is 171 Å². The molecule has 6 aromatic carbocycles. The summed E-state index contributed by atoms with van der Waals surface area (Å²) in [5, 5.41) is 28.0. The van der Waals surface area contributed by atoms with Gasteiger partial charge >= 0.3 is 0 Å². The van der Waals surface area contributed by atoms with Crippen molar-refractivity contribution in [3.8, 4) is 62.5 Å². The van der Waals surface area contributed by atoms with Gasteiger partial charge in [-0.25, -0.2) is 32.5 Å². The van der Waals surface area contributed by atoms with E-state index in [2.05, 4.69) is 50.7 Å². The van der Waals surface area contributed by atoms with Crippen LogP contribution in [0.5, 0.6) is 28.7 Å². The van der Waals surface area contributed by atoms with Gasteiger partial charge in [-0.05, 0) is 101 Å². The van der Waals surface area contributed by atoms with Crippen molar-refractivity contribution in [2.75, 3.05) is 103 Å². The summed E-state index contributed by atoms with van der Waals surface area (Å²) >= 11 is 0. The van der Waals surface area contributed by atoms with Crippen molar-refractivity contribution < 1.29 is 50.7 Å². The number of rotatable bonds is 29. The Hall–Kier alpha value is -11.1. The summed E-state index contributed by atoms with van der Waals surface area (Å²) in [7, 11) is 13.3. The highest BCUT2D eigenvalue weighted by Gasteiger charge is 2.22. The molecule has 12 rings (SSSR count). The Labute approximate surface area is 602 Å². The Morgan fingerprint density at radius 2 is 0.846 bits per heavy atom. The van der Waals surface area contributed by atoms with Crippen molar-refractivity contribution in [2.24, 2.45) is 21.1 Å². The van der Waals surface area contributed by atoms with Crippen molar-refractivity contribution in [3.05, 3.63) is 171 Å². The molecule has 0 saturated heterocycles. The maximum atomic E-state index is 14.2. The van der Waals surface area contributed by atoms with E-state index in [4.69, 9.17) is 38.6 Å². The number of benzene rings is 6. The molecule has 0 spiro atoms. The average molecular weight is 1430 g/mol. The number of aryl methyl sites for hydroxylation is 3. The smallest absolute Gasteiger partial charge is 0.250 e. The normalized spacial score (nSPS) is 11.1. The third-order valence-electron chi connectivity index (χ3n) is 16.4. The number of aliphatic hydroxyl groups is 1. The molecule has 550 valence electrons. The lowest BCUT2D eigenvalue weighted by molar-refractivity contribution is 0.146. The largest absolute Gasteiger partial charge is 0.497 e. The topological polar surface area (TPSA) is 231 Å². The minimum atomic E-state index is -2.37. The highest BCUT2D eigenvalue weighted by atomic mass is 19.3. The Morgan fingerprint density at radius 3 is 1.18 bits per heavy atom. The first kappa shape index (κ1) is 78.6. The van der Waals surface area contributed by atoms with Crippen molar-refractivity contribution in [1.29, 1.82) is 0 Å². The molecule has 0 atom stereocenters. The maximum absolute atomic E-state index is 14.2. The first-order chi connectivity index (χ1) is 49.3. The summed E-state index contributed by atoms with van der Waals surface area (Å²) in [4.78, 5) is 34.0. The quantitative estimate of drug-likeness (QED) is 0.0292. The van der Waals surface area contributed by atoms with E-state index in [1.807, 2.05) is 139 Å². The predicted molar refractivity (Wildman–Crippen MR) is 400 cm³/mol. The standard InChI is InChI=1S/C27H33FN6O2.C25H28F2N6O2.C22H21F2N5O2.2CH4/c1-27(2,18-28)30-9-6-10-34(21-11-22(35-4)14-23(12-21)36-5)20-7-8-24-25(13-20)32-26(16-29-24)19-15-31-33(3)17-19;1-32-16-17(13-30-32)24-14-29-22-6-5-18(11-23(22)31-24)33(8-4-7-28-15-25(26)27)19-9-20(34-2)12-21(10-19)35-3;1-28-13-14(11-26-28)20-12-25-18-5-4-15(9-19(18)27-20)29(6-3-7-30)16-8-17(23)22(24)21(10-16)31-2;;/h7-8,11-17,30H,6,9-10,18H2,1-5H3;5-6,9-14,16,25,28H,4,7-8,15H2,1-3H3;4-5,8-13,30H,3,6-7H2,1-2H3;2*1H4. The minimum Gasteiger partial charge on any atom is -0.497 e. The molecule has 0 unspecified atom stereocenters. The summed E-state index contributed by atoms with van der Waals surface area (Å²) in [6.07, 6.45) is 15.6. The van der Waals surface area contributed by atoms with E-state index in [9.17, 15) is 27.1 Å². The molecule has 28 heteroatoms. The van der Waals surface area contributed by atoms with E-state index in [1.54, 1.807) is 90.6 Å². The molecule has 0 fully saturated rings. The molecular weight excluding hydrogens is 1340 g/mol. The molecule has 0 aliphatic rings. The number of halogens is 5. The fourth-order valence-corrected chi connectivity index (χ4v) is 11.1. The molecule has 104 heavy (non-hydrogen) atoms. The van der Waals surface area contributed by atoms with Gasteiger partial charge in [0.2, 0.25) is 5.82 Å². The molecule has 6 aromatic heterocycles. The summed E-state index contributed by atoms with van der Waals surface area (Å²) in [5.74, 6) is 0.459. The lowest BCUT2D eigenvalue weighted by atomic mass is 10.1. The Balaban J connectivity index is 0.000000196. The van der Waals surface area contributed by atoms with E-state index >= 15 is 0 Å². The molecule has 12 aromatic rings. The number of aromatic nitrogens is 12. The van der Waals surface area contributed by atoms with Gasteiger partial charge in [-0.2, -0.15) is 19.7 Å². The zero-order valence-corrected chi connectivity index (χ0v) is 58.5. The second-order valence-corrected chi connectivity index (χ2v) is 24.4. The second kappa shape index (κ2) is 36.7. The highest BCUT2D eigenvalue weighted by Crippen LogP contribution is 2.38. The van der Waals surface area contributed by atoms with Crippen LogP contribution >= 0.6 is 0 Å². The molecule has 0 aliphatic carbocycles. The number of hydrogen-bond donors (Lipinski definition) is 3. The van der Waals surface area contributed by atoms with E-state index < -0.39 is 30.3 Å². The Morgan fingerprint density at radius 1 is 0.471 bits per heavy atom. The summed E-state index contributed by atoms with van der Waals surface area (Å²) in [6.45, 7) is 5.71. The van der Waals surface area contributed by atoms with Crippen molar-refractivity contribution in [2.45, 2.75) is 59.9 Å². The molecular formula is C76H90F5N17O6. The van der Waals surface area contributed by atoms with E-state index in [1.165, 1.54) is 13.2 Å². The third kappa shape index (κ3) is 20.2. The number of methoxy groups -OCH3 is 5. The molecule has 0 amide bonds. The van der Waals surface area contributed by atoms with Crippen LogP contribution in [0.4, 0.5) is 56.1 Å². The maximum Gasteiger partial charge on any atom is 0.250 e. The van der Waals surface area contributed by atoms with Crippen LogP contribution in [0.3, 0.4) is 0 Å². The number of ether oxygens (including phenoxy) is 5. The second-order valence-electron chi connectivity index (χ2n) is 24.4. The van der Waals surface area contributed by atoms with E-state index in [0.29, 0.717) is 96.7 Å². The lowest BCUT2D eigenvalue weighted by Crippen LogP contribution is -2.42. The van der Waals surface area contributed by atoms with E-state index in [-0.39, 0.29) is 33.8 Å². The number of hydrogen-bond acceptors (Lipinski definition) is 20. The van der Waals surface area contributed by atoms with Gasteiger partial charge < -0.3 is 54.1 Å². The fraction of sp³-hybridized carbons (Fsp3) is 0.329. The molecule has 0 bridgehead atoms. The van der Waals surface area contributed by atoms with Crippen LogP contribution in [-0.4, -0.2) is 164 Å². The van der Waals surface area contributed by atoms with Gasteiger partial charge in [0.1, 0.15) is 29.7 Å². The lowest BCUT2D eigenvalue weighted by Gasteiger charge is -2.28. The van der Waals surface area contributed by atoms with E-state index in [0.717, 1.165) is 85.4 Å². The monoisotopic (exact) mass is 1430 g/mol. The van der Waals surface area contributed by atoms with Gasteiger partial charge in [0.25, 0.3) is 6.43 Å². The van der Waals surface area contributed by atoms with Crippen LogP contribution in [0.15, 0.2) is 159 Å². The fourth-order valence-electron chi connectivity index (χ4n) is 11.1. The summed E-state index contributed by atoms with van der Waals surface area (Å²) in [5.41, 5.74) is 13.4. The number of anilines is 6. The van der Waals surface area contributed by atoms with Gasteiger partial charge in [-0.1, -0.05) is 14.9 Å². The van der Waals surface area contributed by atoms with Crippen LogP contribution in [0, 0.1) is 11.6 Å². The molecule has 6 heterocycles. The van der Waals surface area contributed by atoms with Gasteiger partial charge in [-0.15, -0.1) is 0 Å². The van der Waals surface area contributed by atoms with Crippen molar-refractivity contribution in [1.82, 2.24) is 69.9 Å². The van der Waals surface area contributed by atoms with Crippen LogP contribution < -0.4 is 49.0 Å². The molecule has 23 nitrogen and oxygen atoms in total. The molecule has 0 aliphatic heterocycles. The zero-order chi connectivity index (χ0) is 72.5. The Kier molecular flexibility index (Phi) is 27.7. The predicted octanol–water partition coefficient (Wildman–Crippen LogP) is 14.5. The van der Waals surface area contributed by atoms with Crippen LogP contribution in [0.2, 0.25) is 0 Å². The SMILES string of the molecule is C.C.COc1cc(N(CCCO)c2ccc3ncc(-c4cnn(C)c4)nc3c2)cc(F)c1F.COc1cc(OC)cc(N(CCCNC(C)(C)CF)c2ccc3ncc(-c4cnn(C)c4)nc3c2)c1.COc1cc(OC)cc(N(CCCNCC(F)F)c2ccc3ncc(-c4cnn(C)c4)nc3c2)c1. The minimum absolute atomic E-state index is 0.